The van der Waals surface area contributed by atoms with E-state index in [2.05, 4.69) is 48.6 Å². The molecule has 0 radical (unpaired) electrons. The summed E-state index contributed by atoms with van der Waals surface area (Å²) in [5.41, 5.74) is 4.73. The zero-order valence-corrected chi connectivity index (χ0v) is 16.2. The summed E-state index contributed by atoms with van der Waals surface area (Å²) in [5.74, 6) is 1.50. The number of amides is 1. The van der Waals surface area contributed by atoms with E-state index < -0.39 is 0 Å². The number of thioether (sulfide) groups is 1. The fourth-order valence-electron chi connectivity index (χ4n) is 2.12. The third-order valence-corrected chi connectivity index (χ3v) is 4.68. The smallest absolute Gasteiger partial charge is 0.240 e. The number of nitrogens with zero attached hydrogens (tertiary/aromatic N) is 1. The first-order valence-electron chi connectivity index (χ1n) is 8.91. The van der Waals surface area contributed by atoms with Gasteiger partial charge in [0.1, 0.15) is 5.75 Å². The molecule has 2 aromatic rings. The summed E-state index contributed by atoms with van der Waals surface area (Å²) in [6, 6.07) is 16.0. The minimum atomic E-state index is -0.0830. The van der Waals surface area contributed by atoms with Crippen molar-refractivity contribution in [1.82, 2.24) is 5.43 Å². The van der Waals surface area contributed by atoms with E-state index >= 15 is 0 Å². The highest BCUT2D eigenvalue weighted by atomic mass is 32.2. The molecule has 0 unspecified atom stereocenters. The summed E-state index contributed by atoms with van der Waals surface area (Å²) in [6.45, 7) is 4.94. The standard InChI is InChI=1S/C21H26N2O2S/c1-3-4-14-25-19-9-7-18(8-10-19)16-22-23-21(24)13-15-26-20-11-5-17(2)6-12-20/h5-12,16H,3-4,13-15H2,1-2H3,(H,23,24)/b22-16+. The molecule has 0 heterocycles. The van der Waals surface area contributed by atoms with E-state index in [4.69, 9.17) is 4.74 Å². The third-order valence-electron chi connectivity index (χ3n) is 3.67. The molecule has 0 saturated carbocycles. The van der Waals surface area contributed by atoms with E-state index in [9.17, 15) is 4.79 Å². The first kappa shape index (κ1) is 20.0. The quantitative estimate of drug-likeness (QED) is 0.283. The van der Waals surface area contributed by atoms with E-state index in [1.165, 1.54) is 10.5 Å². The second-order valence-corrected chi connectivity index (χ2v) is 7.14. The highest BCUT2D eigenvalue weighted by Crippen LogP contribution is 2.18. The molecule has 1 N–H and O–H groups in total. The molecule has 2 aromatic carbocycles. The minimum Gasteiger partial charge on any atom is -0.494 e. The molecule has 0 fully saturated rings. The molecule has 0 aromatic heterocycles. The highest BCUT2D eigenvalue weighted by molar-refractivity contribution is 7.99. The summed E-state index contributed by atoms with van der Waals surface area (Å²) in [4.78, 5) is 13.0. The number of benzene rings is 2. The van der Waals surface area contributed by atoms with Gasteiger partial charge in [-0.3, -0.25) is 4.79 Å². The molecule has 138 valence electrons. The van der Waals surface area contributed by atoms with Crippen molar-refractivity contribution in [2.24, 2.45) is 5.10 Å². The van der Waals surface area contributed by atoms with Crippen LogP contribution in [0.3, 0.4) is 0 Å². The van der Waals surface area contributed by atoms with Crippen LogP contribution < -0.4 is 10.2 Å². The van der Waals surface area contributed by atoms with Crippen molar-refractivity contribution in [3.63, 3.8) is 0 Å². The van der Waals surface area contributed by atoms with Gasteiger partial charge in [0.05, 0.1) is 12.8 Å². The minimum absolute atomic E-state index is 0.0830. The molecule has 0 aliphatic carbocycles. The number of carbonyl (C=O) groups excluding carboxylic acids is 1. The average molecular weight is 371 g/mol. The Hall–Kier alpha value is -2.27. The maximum absolute atomic E-state index is 11.8. The molecular weight excluding hydrogens is 344 g/mol. The van der Waals surface area contributed by atoms with Crippen molar-refractivity contribution in [2.75, 3.05) is 12.4 Å². The van der Waals surface area contributed by atoms with Crippen molar-refractivity contribution in [3.05, 3.63) is 59.7 Å². The SMILES string of the molecule is CCCCOc1ccc(/C=N/NC(=O)CCSc2ccc(C)cc2)cc1. The van der Waals surface area contributed by atoms with Crippen LogP contribution in [0.4, 0.5) is 0 Å². The van der Waals surface area contributed by atoms with Gasteiger partial charge in [0.15, 0.2) is 0 Å². The Morgan fingerprint density at radius 1 is 1.15 bits per heavy atom. The fraction of sp³-hybridized carbons (Fsp3) is 0.333. The Kier molecular flexibility index (Phi) is 8.76. The lowest BCUT2D eigenvalue weighted by Crippen LogP contribution is -2.17. The topological polar surface area (TPSA) is 50.7 Å². The van der Waals surface area contributed by atoms with Crippen LogP contribution in [0.25, 0.3) is 0 Å². The van der Waals surface area contributed by atoms with E-state index in [1.807, 2.05) is 24.3 Å². The molecule has 5 heteroatoms. The van der Waals surface area contributed by atoms with E-state index in [0.29, 0.717) is 6.42 Å². The van der Waals surface area contributed by atoms with Gasteiger partial charge < -0.3 is 4.74 Å². The Balaban J connectivity index is 1.66. The Morgan fingerprint density at radius 2 is 1.88 bits per heavy atom. The first-order valence-corrected chi connectivity index (χ1v) is 9.90. The lowest BCUT2D eigenvalue weighted by molar-refractivity contribution is -0.120. The van der Waals surface area contributed by atoms with Gasteiger partial charge in [-0.2, -0.15) is 5.10 Å². The number of hydrazone groups is 1. The molecule has 2 rings (SSSR count). The number of aryl methyl sites for hydroxylation is 1. The maximum Gasteiger partial charge on any atom is 0.240 e. The highest BCUT2D eigenvalue weighted by Gasteiger charge is 2.01. The largest absolute Gasteiger partial charge is 0.494 e. The summed E-state index contributed by atoms with van der Waals surface area (Å²) in [7, 11) is 0. The third kappa shape index (κ3) is 7.74. The van der Waals surface area contributed by atoms with Crippen molar-refractivity contribution in [1.29, 1.82) is 0 Å². The van der Waals surface area contributed by atoms with Crippen LogP contribution in [-0.2, 0) is 4.79 Å². The lowest BCUT2D eigenvalue weighted by atomic mass is 10.2. The predicted octanol–water partition coefficient (Wildman–Crippen LogP) is 4.81. The Bertz CT molecular complexity index is 697. The lowest BCUT2D eigenvalue weighted by Gasteiger charge is -2.05. The average Bonchev–Trinajstić information content (AvgIpc) is 2.65. The van der Waals surface area contributed by atoms with Crippen molar-refractivity contribution < 1.29 is 9.53 Å². The van der Waals surface area contributed by atoms with Crippen molar-refractivity contribution in [3.8, 4) is 5.75 Å². The van der Waals surface area contributed by atoms with Gasteiger partial charge >= 0.3 is 0 Å². The zero-order chi connectivity index (χ0) is 18.6. The number of hydrogen-bond donors (Lipinski definition) is 1. The van der Waals surface area contributed by atoms with Gasteiger partial charge in [-0.1, -0.05) is 31.0 Å². The van der Waals surface area contributed by atoms with Crippen LogP contribution in [0.1, 0.15) is 37.3 Å². The number of carbonyl (C=O) groups is 1. The molecule has 1 amide bonds. The Morgan fingerprint density at radius 3 is 2.58 bits per heavy atom. The van der Waals surface area contributed by atoms with Crippen LogP contribution in [0.5, 0.6) is 5.75 Å². The molecule has 0 saturated heterocycles. The van der Waals surface area contributed by atoms with Crippen LogP contribution in [-0.4, -0.2) is 24.5 Å². The van der Waals surface area contributed by atoms with E-state index in [0.717, 1.165) is 36.5 Å². The number of hydrogen-bond acceptors (Lipinski definition) is 4. The maximum atomic E-state index is 11.8. The molecular formula is C21H26N2O2S. The fourth-order valence-corrected chi connectivity index (χ4v) is 2.97. The Labute approximate surface area is 160 Å². The monoisotopic (exact) mass is 370 g/mol. The van der Waals surface area contributed by atoms with Crippen LogP contribution >= 0.6 is 11.8 Å². The summed E-state index contributed by atoms with van der Waals surface area (Å²) >= 11 is 1.67. The molecule has 26 heavy (non-hydrogen) atoms. The number of unbranched alkanes of at least 4 members (excludes halogenated alkanes) is 1. The van der Waals surface area contributed by atoms with Crippen LogP contribution in [0.2, 0.25) is 0 Å². The second-order valence-electron chi connectivity index (χ2n) is 5.98. The normalized spacial score (nSPS) is 10.8. The molecule has 0 spiro atoms. The van der Waals surface area contributed by atoms with E-state index in [1.54, 1.807) is 18.0 Å². The van der Waals surface area contributed by atoms with Gasteiger partial charge in [-0.15, -0.1) is 11.8 Å². The van der Waals surface area contributed by atoms with Gasteiger partial charge in [0, 0.05) is 17.1 Å². The van der Waals surface area contributed by atoms with Crippen molar-refractivity contribution >= 4 is 23.9 Å². The summed E-state index contributed by atoms with van der Waals surface area (Å²) in [6.07, 6.45) is 4.24. The number of ether oxygens (including phenoxy) is 1. The predicted molar refractivity (Wildman–Crippen MR) is 109 cm³/mol. The molecule has 0 bridgehead atoms. The summed E-state index contributed by atoms with van der Waals surface area (Å²) < 4.78 is 5.61. The van der Waals surface area contributed by atoms with Gasteiger partial charge in [0.2, 0.25) is 5.91 Å². The summed E-state index contributed by atoms with van der Waals surface area (Å²) in [5, 5.41) is 4.01. The van der Waals surface area contributed by atoms with Crippen LogP contribution in [0, 0.1) is 6.92 Å². The first-order chi connectivity index (χ1) is 12.7. The number of nitrogens with one attached hydrogen (secondary N) is 1. The molecule has 0 aliphatic heterocycles. The van der Waals surface area contributed by atoms with Crippen molar-refractivity contribution in [2.45, 2.75) is 38.0 Å². The van der Waals surface area contributed by atoms with E-state index in [-0.39, 0.29) is 5.91 Å². The van der Waals surface area contributed by atoms with Gasteiger partial charge in [0.25, 0.3) is 0 Å². The van der Waals surface area contributed by atoms with Gasteiger partial charge in [-0.05, 0) is 55.3 Å². The number of rotatable bonds is 10. The van der Waals surface area contributed by atoms with Gasteiger partial charge in [-0.25, -0.2) is 5.43 Å². The molecule has 4 nitrogen and oxygen atoms in total. The second kappa shape index (κ2) is 11.4. The molecule has 0 aliphatic rings. The van der Waals surface area contributed by atoms with Crippen LogP contribution in [0.15, 0.2) is 58.5 Å². The molecule has 0 atom stereocenters. The zero-order valence-electron chi connectivity index (χ0n) is 15.4.